The number of hydrogen-bond donors (Lipinski definition) is 0. The first-order chi connectivity index (χ1) is 33.0. The summed E-state index contributed by atoms with van der Waals surface area (Å²) in [6.45, 7) is 2.25. The summed E-state index contributed by atoms with van der Waals surface area (Å²) in [6.07, 6.45) is 17.2. The van der Waals surface area contributed by atoms with E-state index in [0.717, 1.165) is 59.0 Å². The summed E-state index contributed by atoms with van der Waals surface area (Å²) in [5, 5.41) is 0. The van der Waals surface area contributed by atoms with Crippen LogP contribution in [0, 0.1) is 47.6 Å². The standard InChI is InChI=1S/C58H54N4O4.Pt/c1-5-47(57-21-33-9-34(22-57)11-35(10-33)23-57)6-2-39(1)41-15-43-19-44(16-41)50-28-64-54-56-62(32-60(50)54)52(30-66-56)46-18-42(17-45(20-46)51-29-65-55-53-59(31-61(51)55)49(43)27-63-53)40-3-7-48(8-4-40)58-24-36-12-37(25-58)14-38(13-36)26-58;/h1-8,15-18,33-38,49-52H,9-14,21-30H2;/q-2;. The third-order valence-electron chi connectivity index (χ3n) is 19.9. The van der Waals surface area contributed by atoms with E-state index >= 15 is 0 Å². The molecule has 342 valence electrons. The number of rotatable bonds is 4. The predicted molar refractivity (Wildman–Crippen MR) is 247 cm³/mol. The van der Waals surface area contributed by atoms with Gasteiger partial charge < -0.3 is 0 Å². The fraction of sp³-hybridized carbons (Fsp3) is 0.483. The Morgan fingerprint density at radius 3 is 0.955 bits per heavy atom. The van der Waals surface area contributed by atoms with Gasteiger partial charge in [0.25, 0.3) is 0 Å². The van der Waals surface area contributed by atoms with E-state index in [0.29, 0.717) is 37.3 Å². The Kier molecular flexibility index (Phi) is 7.03. The summed E-state index contributed by atoms with van der Waals surface area (Å²) in [4.78, 5) is 10.0. The predicted octanol–water partition coefficient (Wildman–Crippen LogP) is 10.3. The van der Waals surface area contributed by atoms with Crippen LogP contribution in [-0.2, 0) is 47.4 Å². The first-order valence-electron chi connectivity index (χ1n) is 25.8. The molecule has 0 radical (unpaired) electrons. The van der Waals surface area contributed by atoms with Gasteiger partial charge in [-0.15, -0.1) is 0 Å². The first kappa shape index (κ1) is 37.1. The molecule has 20 rings (SSSR count). The van der Waals surface area contributed by atoms with E-state index in [-0.39, 0.29) is 24.2 Å². The summed E-state index contributed by atoms with van der Waals surface area (Å²) in [6, 6.07) is 37.3. The van der Waals surface area contributed by atoms with E-state index in [4.69, 9.17) is 18.9 Å². The molecule has 4 unspecified atom stereocenters. The van der Waals surface area contributed by atoms with Crippen molar-refractivity contribution in [1.29, 1.82) is 0 Å². The van der Waals surface area contributed by atoms with Gasteiger partial charge in [-0.1, -0.05) is 0 Å². The Morgan fingerprint density at radius 1 is 0.388 bits per heavy atom. The Bertz CT molecular complexity index is 2680. The average molecular weight is 1070 g/mol. The van der Waals surface area contributed by atoms with E-state index in [1.807, 2.05) is 0 Å². The number of ether oxygens (including phenoxy) is 4. The van der Waals surface area contributed by atoms with E-state index in [9.17, 15) is 0 Å². The number of nitrogens with zero attached hydrogens (tertiary/aromatic N) is 4. The molecular formula is C58H54N4O4Pt-2. The molecule has 67 heavy (non-hydrogen) atoms. The van der Waals surface area contributed by atoms with Crippen LogP contribution in [0.5, 0.6) is 0 Å². The van der Waals surface area contributed by atoms with Crippen molar-refractivity contribution >= 4 is 8.29 Å². The summed E-state index contributed by atoms with van der Waals surface area (Å²) in [5.41, 5.74) is 13.7. The van der Waals surface area contributed by atoms with Crippen molar-refractivity contribution < 1.29 is 36.6 Å². The van der Waals surface area contributed by atoms with Crippen LogP contribution in [-0.4, -0.2) is 54.3 Å². The van der Waals surface area contributed by atoms with Crippen molar-refractivity contribution in [2.24, 2.45) is 35.5 Å². The zero-order valence-electron chi connectivity index (χ0n) is 37.8. The van der Waals surface area contributed by atoms with Crippen LogP contribution in [0.3, 0.4) is 0 Å². The summed E-state index contributed by atoms with van der Waals surface area (Å²) >= 11 is -0.815. The molecule has 8 aliphatic heterocycles. The molecule has 4 saturated heterocycles. The second kappa shape index (κ2) is 12.7. The van der Waals surface area contributed by atoms with Gasteiger partial charge in [-0.25, -0.2) is 0 Å². The topological polar surface area (TPSA) is 49.9 Å². The second-order valence-corrected chi connectivity index (χ2v) is 26.3. The molecular weight excluding hydrogens is 1010 g/mol. The average Bonchev–Trinajstić information content (AvgIpc) is 4.19. The number of fused-ring (bicyclic) bond motifs is 8. The van der Waals surface area contributed by atoms with Gasteiger partial charge in [0.1, 0.15) is 0 Å². The van der Waals surface area contributed by atoms with Crippen molar-refractivity contribution in [3.05, 3.63) is 142 Å². The van der Waals surface area contributed by atoms with Gasteiger partial charge >= 0.3 is 329 Å². The van der Waals surface area contributed by atoms with Crippen LogP contribution in [0.2, 0.25) is 0 Å². The van der Waals surface area contributed by atoms with Gasteiger partial charge in [0.2, 0.25) is 0 Å². The molecule has 0 aromatic heterocycles. The Hall–Kier alpha value is -4.81. The van der Waals surface area contributed by atoms with Crippen molar-refractivity contribution in [3.8, 4) is 22.3 Å². The molecule has 4 aromatic rings. The molecule has 0 amide bonds. The van der Waals surface area contributed by atoms with Gasteiger partial charge in [-0.2, -0.15) is 0 Å². The Balaban J connectivity index is 0.756. The molecule has 14 bridgehead atoms. The van der Waals surface area contributed by atoms with Crippen molar-refractivity contribution in [2.75, 3.05) is 26.4 Å². The SMILES string of the molecule is [c-]1c2cc(-c3ccc(C45CC6CC(CC(C6)C4)C5)cc3)cc1C1COC3=C4OCC5c6[c-]c(cc(-c7ccc(C89CC%10CC(CC(C%10)C8)C9)cc7)c6)C6COC7=C8OCC2N8[C](=[Pt]=[C](N31)N45)N76. The molecule has 9 heteroatoms. The Morgan fingerprint density at radius 2 is 0.672 bits per heavy atom. The third-order valence-corrected chi connectivity index (χ3v) is 23.1. The van der Waals surface area contributed by atoms with Crippen LogP contribution in [0.15, 0.2) is 96.3 Å². The second-order valence-electron chi connectivity index (χ2n) is 23.7. The van der Waals surface area contributed by atoms with Crippen molar-refractivity contribution in [1.82, 2.24) is 19.6 Å². The minimum atomic E-state index is -0.815. The Labute approximate surface area is 400 Å². The van der Waals surface area contributed by atoms with E-state index in [1.54, 1.807) is 11.1 Å². The van der Waals surface area contributed by atoms with Gasteiger partial charge in [0.15, 0.2) is 0 Å². The third kappa shape index (κ3) is 4.90. The van der Waals surface area contributed by atoms with Crippen LogP contribution in [0.4, 0.5) is 0 Å². The molecule has 16 aliphatic rings. The zero-order chi connectivity index (χ0) is 43.1. The number of benzene rings is 4. The van der Waals surface area contributed by atoms with Gasteiger partial charge in [0.05, 0.1) is 0 Å². The van der Waals surface area contributed by atoms with E-state index in [1.165, 1.54) is 130 Å². The van der Waals surface area contributed by atoms with Crippen LogP contribution < -0.4 is 0 Å². The fourth-order valence-corrected chi connectivity index (χ4v) is 21.7. The molecule has 8 saturated carbocycles. The quantitative estimate of drug-likeness (QED) is 0.188. The molecule has 8 nitrogen and oxygen atoms in total. The van der Waals surface area contributed by atoms with E-state index < -0.39 is 17.6 Å². The first-order valence-corrected chi connectivity index (χ1v) is 28.1. The molecule has 8 aliphatic carbocycles. The maximum absolute atomic E-state index is 6.83. The van der Waals surface area contributed by atoms with Crippen molar-refractivity contribution in [2.45, 2.75) is 112 Å². The van der Waals surface area contributed by atoms with Gasteiger partial charge in [0, 0.05) is 0 Å². The number of hydrogen-bond acceptors (Lipinski definition) is 8. The molecule has 4 atom stereocenters. The zero-order valence-corrected chi connectivity index (χ0v) is 40.0. The normalized spacial score (nSPS) is 38.7. The molecule has 4 aromatic carbocycles. The monoisotopic (exact) mass is 1070 g/mol. The van der Waals surface area contributed by atoms with Crippen molar-refractivity contribution in [3.63, 3.8) is 0 Å². The summed E-state index contributed by atoms with van der Waals surface area (Å²) < 4.78 is 29.9. The minimum absolute atomic E-state index is 0.0212. The fourth-order valence-electron chi connectivity index (χ4n) is 17.8. The van der Waals surface area contributed by atoms with Gasteiger partial charge in [-0.05, 0) is 74.0 Å². The summed E-state index contributed by atoms with van der Waals surface area (Å²) in [5.74, 6) is 9.03. The molecule has 8 heterocycles. The maximum atomic E-state index is 6.83. The van der Waals surface area contributed by atoms with Crippen LogP contribution in [0.1, 0.15) is 135 Å². The van der Waals surface area contributed by atoms with Crippen LogP contribution in [0.25, 0.3) is 22.3 Å². The molecule has 0 spiro atoms. The van der Waals surface area contributed by atoms with E-state index in [2.05, 4.69) is 105 Å². The summed E-state index contributed by atoms with van der Waals surface area (Å²) in [7, 11) is 0. The molecule has 12 fully saturated rings. The van der Waals surface area contributed by atoms with Crippen LogP contribution >= 0.6 is 0 Å². The van der Waals surface area contributed by atoms with Gasteiger partial charge in [-0.3, -0.25) is 0 Å². The molecule has 0 N–H and O–H groups in total.